The van der Waals surface area contributed by atoms with Crippen molar-refractivity contribution in [3.8, 4) is 22.6 Å². The summed E-state index contributed by atoms with van der Waals surface area (Å²) >= 11 is 0. The fourth-order valence-electron chi connectivity index (χ4n) is 4.90. The van der Waals surface area contributed by atoms with E-state index in [-0.39, 0.29) is 6.02 Å². The van der Waals surface area contributed by atoms with E-state index < -0.39 is 11.1 Å². The normalized spacial score (nSPS) is 22.2. The molecule has 32 heavy (non-hydrogen) atoms. The summed E-state index contributed by atoms with van der Waals surface area (Å²) < 4.78 is 12.0. The fraction of sp³-hybridized carbons (Fsp3) is 0.320. The summed E-state index contributed by atoms with van der Waals surface area (Å²) in [4.78, 5) is 13.1. The average Bonchev–Trinajstić information content (AvgIpc) is 3.19. The molecule has 1 fully saturated rings. The van der Waals surface area contributed by atoms with Crippen LogP contribution in [0.4, 0.5) is 0 Å². The van der Waals surface area contributed by atoms with Crippen molar-refractivity contribution in [3.05, 3.63) is 71.8 Å². The van der Waals surface area contributed by atoms with Crippen molar-refractivity contribution in [2.45, 2.75) is 43.2 Å². The Kier molecular flexibility index (Phi) is 4.23. The van der Waals surface area contributed by atoms with Crippen LogP contribution in [0.1, 0.15) is 42.4 Å². The van der Waals surface area contributed by atoms with E-state index in [0.717, 1.165) is 71.4 Å². The maximum absolute atomic E-state index is 10.5. The van der Waals surface area contributed by atoms with Gasteiger partial charge in [0, 0.05) is 29.1 Å². The van der Waals surface area contributed by atoms with E-state index in [1.807, 2.05) is 18.2 Å². The van der Waals surface area contributed by atoms with Gasteiger partial charge in [0.2, 0.25) is 0 Å². The van der Waals surface area contributed by atoms with Gasteiger partial charge in [-0.05, 0) is 67.5 Å². The highest BCUT2D eigenvalue weighted by molar-refractivity contribution is 5.77. The SMILES string of the molecule is NC1=N[C@]2(CO1)c1cc(CCC3(O)CCC3)ccc1Oc1ccc(-c3cncnc3)cc12. The Morgan fingerprint density at radius 3 is 2.41 bits per heavy atom. The number of rotatable bonds is 4. The first kappa shape index (κ1) is 19.3. The van der Waals surface area contributed by atoms with Crippen molar-refractivity contribution in [2.75, 3.05) is 6.61 Å². The van der Waals surface area contributed by atoms with Crippen molar-refractivity contribution >= 4 is 6.02 Å². The number of hydrogen-bond donors (Lipinski definition) is 2. The van der Waals surface area contributed by atoms with E-state index in [1.165, 1.54) is 6.33 Å². The second-order valence-electron chi connectivity index (χ2n) is 8.95. The molecule has 0 amide bonds. The lowest BCUT2D eigenvalue weighted by atomic mass is 9.76. The molecule has 3 heterocycles. The topological polar surface area (TPSA) is 103 Å². The summed E-state index contributed by atoms with van der Waals surface area (Å²) in [5.74, 6) is 1.48. The van der Waals surface area contributed by atoms with Gasteiger partial charge in [-0.15, -0.1) is 0 Å². The first-order valence-corrected chi connectivity index (χ1v) is 11.0. The van der Waals surface area contributed by atoms with E-state index >= 15 is 0 Å². The summed E-state index contributed by atoms with van der Waals surface area (Å²) in [6, 6.07) is 12.4. The zero-order valence-electron chi connectivity index (χ0n) is 17.6. The molecule has 0 saturated heterocycles. The van der Waals surface area contributed by atoms with Crippen LogP contribution in [0, 0.1) is 0 Å². The van der Waals surface area contributed by atoms with E-state index in [0.29, 0.717) is 6.61 Å². The van der Waals surface area contributed by atoms with Crippen molar-refractivity contribution < 1.29 is 14.6 Å². The first-order valence-electron chi connectivity index (χ1n) is 11.0. The quantitative estimate of drug-likeness (QED) is 0.657. The molecule has 1 spiro atoms. The summed E-state index contributed by atoms with van der Waals surface area (Å²) in [5.41, 5.74) is 9.60. The highest BCUT2D eigenvalue weighted by Crippen LogP contribution is 2.52. The Balaban J connectivity index is 1.43. The minimum Gasteiger partial charge on any atom is -0.462 e. The van der Waals surface area contributed by atoms with E-state index in [4.69, 9.17) is 20.2 Å². The van der Waals surface area contributed by atoms with Gasteiger partial charge >= 0.3 is 0 Å². The number of amidine groups is 1. The van der Waals surface area contributed by atoms with Gasteiger partial charge in [-0.25, -0.2) is 15.0 Å². The molecule has 2 aliphatic heterocycles. The molecule has 162 valence electrons. The molecule has 1 aromatic heterocycles. The Morgan fingerprint density at radius 1 is 0.969 bits per heavy atom. The van der Waals surface area contributed by atoms with Gasteiger partial charge in [0.05, 0.1) is 5.60 Å². The number of benzene rings is 2. The Hall–Kier alpha value is -3.45. The number of aromatic nitrogens is 2. The van der Waals surface area contributed by atoms with Crippen molar-refractivity contribution in [2.24, 2.45) is 10.7 Å². The van der Waals surface area contributed by atoms with Crippen LogP contribution in [0.5, 0.6) is 11.5 Å². The molecule has 7 heteroatoms. The molecule has 3 aliphatic rings. The average molecular weight is 428 g/mol. The van der Waals surface area contributed by atoms with Gasteiger partial charge in [0.1, 0.15) is 24.4 Å². The molecule has 0 unspecified atom stereocenters. The lowest BCUT2D eigenvalue weighted by Gasteiger charge is -2.37. The minimum atomic E-state index is -0.776. The number of aliphatic hydroxyl groups is 1. The van der Waals surface area contributed by atoms with Crippen LogP contribution in [-0.2, 0) is 16.7 Å². The third kappa shape index (κ3) is 3.04. The number of hydrogen-bond acceptors (Lipinski definition) is 7. The van der Waals surface area contributed by atoms with Gasteiger partial charge < -0.3 is 20.3 Å². The van der Waals surface area contributed by atoms with Gasteiger partial charge in [0.25, 0.3) is 6.02 Å². The van der Waals surface area contributed by atoms with Crippen LogP contribution in [0.15, 0.2) is 60.1 Å². The van der Waals surface area contributed by atoms with Crippen molar-refractivity contribution in [1.82, 2.24) is 9.97 Å². The maximum atomic E-state index is 10.5. The van der Waals surface area contributed by atoms with Gasteiger partial charge in [-0.2, -0.15) is 0 Å². The highest BCUT2D eigenvalue weighted by atomic mass is 16.5. The van der Waals surface area contributed by atoms with Crippen LogP contribution in [0.25, 0.3) is 11.1 Å². The van der Waals surface area contributed by atoms with Crippen LogP contribution in [0.2, 0.25) is 0 Å². The van der Waals surface area contributed by atoms with E-state index in [2.05, 4.69) is 28.2 Å². The summed E-state index contributed by atoms with van der Waals surface area (Å²) in [7, 11) is 0. The van der Waals surface area contributed by atoms with Crippen molar-refractivity contribution in [3.63, 3.8) is 0 Å². The Labute approximate surface area is 186 Å². The van der Waals surface area contributed by atoms with Crippen LogP contribution >= 0.6 is 0 Å². The predicted octanol–water partition coefficient (Wildman–Crippen LogP) is 3.69. The first-order chi connectivity index (χ1) is 15.5. The maximum Gasteiger partial charge on any atom is 0.283 e. The van der Waals surface area contributed by atoms with Gasteiger partial charge in [-0.1, -0.05) is 12.1 Å². The van der Waals surface area contributed by atoms with E-state index in [9.17, 15) is 5.11 Å². The largest absolute Gasteiger partial charge is 0.462 e. The zero-order chi connectivity index (χ0) is 21.8. The number of nitrogens with zero attached hydrogens (tertiary/aromatic N) is 3. The second kappa shape index (κ2) is 7.03. The molecule has 0 radical (unpaired) electrons. The highest BCUT2D eigenvalue weighted by Gasteiger charge is 2.47. The number of nitrogens with two attached hydrogens (primary N) is 1. The molecule has 3 aromatic rings. The monoisotopic (exact) mass is 428 g/mol. The lowest BCUT2D eigenvalue weighted by Crippen LogP contribution is -2.37. The molecular weight excluding hydrogens is 404 g/mol. The molecule has 0 bridgehead atoms. The smallest absolute Gasteiger partial charge is 0.283 e. The second-order valence-corrected chi connectivity index (χ2v) is 8.95. The fourth-order valence-corrected chi connectivity index (χ4v) is 4.90. The van der Waals surface area contributed by atoms with Gasteiger partial charge in [-0.3, -0.25) is 0 Å². The van der Waals surface area contributed by atoms with Gasteiger partial charge in [0.15, 0.2) is 5.54 Å². The zero-order valence-corrected chi connectivity index (χ0v) is 17.6. The molecule has 3 N–H and O–H groups in total. The molecule has 1 aliphatic carbocycles. The third-order valence-corrected chi connectivity index (χ3v) is 6.92. The molecule has 1 atom stereocenters. The number of aliphatic imine (C=N–C) groups is 1. The van der Waals surface area contributed by atoms with E-state index in [1.54, 1.807) is 12.4 Å². The molecule has 6 rings (SSSR count). The number of ether oxygens (including phenoxy) is 2. The standard InChI is InChI=1S/C25H24N4O3/c26-23-29-25(14-31-23)19-10-16(6-9-24(30)7-1-8-24)2-4-21(19)32-22-5-3-17(11-20(22)25)18-12-27-15-28-13-18/h2-5,10-13,15,30H,1,6-9,14H2,(H2,26,29)/t25-/m1/s1. The minimum absolute atomic E-state index is 0.173. The summed E-state index contributed by atoms with van der Waals surface area (Å²) in [6.07, 6.45) is 9.52. The third-order valence-electron chi connectivity index (χ3n) is 6.92. The molecule has 1 saturated carbocycles. The Bertz CT molecular complexity index is 1220. The lowest BCUT2D eigenvalue weighted by molar-refractivity contribution is -0.0397. The van der Waals surface area contributed by atoms with Crippen LogP contribution in [-0.4, -0.2) is 33.3 Å². The van der Waals surface area contributed by atoms with Crippen LogP contribution < -0.4 is 10.5 Å². The predicted molar refractivity (Wildman–Crippen MR) is 119 cm³/mol. The van der Waals surface area contributed by atoms with Crippen molar-refractivity contribution in [1.29, 1.82) is 0 Å². The van der Waals surface area contributed by atoms with Crippen LogP contribution in [0.3, 0.4) is 0 Å². The summed E-state index contributed by atoms with van der Waals surface area (Å²) in [6.45, 7) is 0.310. The molecule has 7 nitrogen and oxygen atoms in total. The molecular formula is C25H24N4O3. The molecule has 2 aromatic carbocycles. The summed E-state index contributed by atoms with van der Waals surface area (Å²) in [5, 5.41) is 10.5. The number of fused-ring (bicyclic) bond motifs is 4. The Morgan fingerprint density at radius 2 is 1.72 bits per heavy atom. The number of aryl methyl sites for hydroxylation is 1.